The van der Waals surface area contributed by atoms with Gasteiger partial charge in [-0.2, -0.15) is 5.10 Å². The molecule has 5 rings (SSSR count). The summed E-state index contributed by atoms with van der Waals surface area (Å²) in [4.78, 5) is 38.7. The smallest absolute Gasteiger partial charge is 0.258 e. The van der Waals surface area contributed by atoms with Crippen molar-refractivity contribution in [2.45, 2.75) is 20.0 Å². The van der Waals surface area contributed by atoms with Crippen molar-refractivity contribution < 1.29 is 4.79 Å². The van der Waals surface area contributed by atoms with Crippen LogP contribution in [-0.4, -0.2) is 42.1 Å². The Kier molecular flexibility index (Phi) is 6.98. The van der Waals surface area contributed by atoms with Gasteiger partial charge in [0.05, 0.1) is 24.0 Å². The van der Waals surface area contributed by atoms with Gasteiger partial charge >= 0.3 is 0 Å². The summed E-state index contributed by atoms with van der Waals surface area (Å²) < 4.78 is 1.86. The number of H-pyrrole nitrogens is 1. The van der Waals surface area contributed by atoms with Crippen LogP contribution in [0, 0.1) is 0 Å². The molecule has 0 radical (unpaired) electrons. The summed E-state index contributed by atoms with van der Waals surface area (Å²) in [5.41, 5.74) is 3.94. The van der Waals surface area contributed by atoms with E-state index in [2.05, 4.69) is 27.1 Å². The number of nitrogens with one attached hydrogen (secondary N) is 1. The van der Waals surface area contributed by atoms with E-state index in [1.54, 1.807) is 41.6 Å². The van der Waals surface area contributed by atoms with Crippen molar-refractivity contribution in [2.75, 3.05) is 6.54 Å². The molecule has 3 aromatic heterocycles. The Morgan fingerprint density at radius 2 is 1.86 bits per heavy atom. The lowest BCUT2D eigenvalue weighted by Gasteiger charge is -2.18. The number of hydrogen-bond donors (Lipinski definition) is 1. The minimum absolute atomic E-state index is 0.189. The quantitative estimate of drug-likeness (QED) is 0.327. The van der Waals surface area contributed by atoms with Crippen LogP contribution >= 0.6 is 0 Å². The fourth-order valence-corrected chi connectivity index (χ4v) is 4.14. The molecule has 0 bridgehead atoms. The molecule has 0 aliphatic heterocycles. The summed E-state index contributed by atoms with van der Waals surface area (Å²) in [7, 11) is 0. The van der Waals surface area contributed by atoms with E-state index < -0.39 is 0 Å². The first-order chi connectivity index (χ1) is 18.1. The molecule has 2 aromatic carbocycles. The highest BCUT2D eigenvalue weighted by Crippen LogP contribution is 2.23. The van der Waals surface area contributed by atoms with Gasteiger partial charge in [-0.3, -0.25) is 19.3 Å². The highest BCUT2D eigenvalue weighted by molar-refractivity contribution is 5.92. The lowest BCUT2D eigenvalue weighted by atomic mass is 10.1. The van der Waals surface area contributed by atoms with Crippen molar-refractivity contribution in [1.29, 1.82) is 0 Å². The van der Waals surface area contributed by atoms with E-state index >= 15 is 0 Å². The van der Waals surface area contributed by atoms with E-state index in [-0.39, 0.29) is 18.0 Å². The molecule has 0 fully saturated rings. The standard InChI is InChI=1S/C29H26N6O2/c1-2-34(20-26-31-25-13-7-6-12-24(25)29(37)32-26)27(36)15-14-23-19-35(18-21-9-4-3-5-10-21)33-28(23)22-11-8-16-30-17-22/h3-17,19H,2,18,20H2,1H3,(H,31,32,37)/b15-14-. The van der Waals surface area contributed by atoms with Crippen molar-refractivity contribution in [3.05, 3.63) is 119 Å². The molecule has 1 amide bonds. The van der Waals surface area contributed by atoms with Gasteiger partial charge in [0.2, 0.25) is 5.91 Å². The Morgan fingerprint density at radius 3 is 2.65 bits per heavy atom. The minimum atomic E-state index is -0.216. The third-order valence-electron chi connectivity index (χ3n) is 6.01. The fourth-order valence-electron chi connectivity index (χ4n) is 4.14. The molecule has 1 N–H and O–H groups in total. The lowest BCUT2D eigenvalue weighted by Crippen LogP contribution is -2.30. The Balaban J connectivity index is 1.39. The maximum absolute atomic E-state index is 13.1. The van der Waals surface area contributed by atoms with Crippen LogP contribution in [0.4, 0.5) is 0 Å². The zero-order valence-electron chi connectivity index (χ0n) is 20.4. The van der Waals surface area contributed by atoms with Crippen LogP contribution in [0.3, 0.4) is 0 Å². The summed E-state index contributed by atoms with van der Waals surface area (Å²) in [6.07, 6.45) is 8.71. The second-order valence-corrected chi connectivity index (χ2v) is 8.57. The van der Waals surface area contributed by atoms with E-state index in [4.69, 9.17) is 5.10 Å². The first-order valence-corrected chi connectivity index (χ1v) is 12.1. The topological polar surface area (TPSA) is 96.8 Å². The van der Waals surface area contributed by atoms with Gasteiger partial charge in [-0.25, -0.2) is 4.98 Å². The second-order valence-electron chi connectivity index (χ2n) is 8.57. The molecule has 184 valence electrons. The molecule has 0 aliphatic rings. The average molecular weight is 491 g/mol. The predicted molar refractivity (Wildman–Crippen MR) is 143 cm³/mol. The molecule has 0 atom stereocenters. The number of hydrogen-bond acceptors (Lipinski definition) is 5. The molecule has 8 nitrogen and oxygen atoms in total. The molecule has 0 saturated carbocycles. The average Bonchev–Trinajstić information content (AvgIpc) is 3.34. The van der Waals surface area contributed by atoms with E-state index in [1.807, 2.05) is 54.2 Å². The van der Waals surface area contributed by atoms with E-state index in [1.165, 1.54) is 6.08 Å². The van der Waals surface area contributed by atoms with E-state index in [0.717, 1.165) is 22.4 Å². The third-order valence-corrected chi connectivity index (χ3v) is 6.01. The molecule has 5 aromatic rings. The number of carbonyl (C=O) groups excluding carboxylic acids is 1. The SMILES string of the molecule is CCN(Cc1nc2ccccc2c(=O)[nH]1)C(=O)/C=C\c1cn(Cc2ccccc2)nc1-c1cccnc1. The lowest BCUT2D eigenvalue weighted by molar-refractivity contribution is -0.126. The molecule has 0 saturated heterocycles. The summed E-state index contributed by atoms with van der Waals surface area (Å²) in [6.45, 7) is 3.16. The number of benzene rings is 2. The fraction of sp³-hybridized carbons (Fsp3) is 0.138. The number of likely N-dealkylation sites (N-methyl/N-ethyl adjacent to an activating group) is 1. The summed E-state index contributed by atoms with van der Waals surface area (Å²) in [6, 6.07) is 21.0. The molecule has 8 heteroatoms. The summed E-state index contributed by atoms with van der Waals surface area (Å²) in [5.74, 6) is 0.255. The van der Waals surface area contributed by atoms with Crippen molar-refractivity contribution in [1.82, 2.24) is 29.6 Å². The molecule has 3 heterocycles. The first kappa shape index (κ1) is 23.9. The first-order valence-electron chi connectivity index (χ1n) is 12.1. The highest BCUT2D eigenvalue weighted by Gasteiger charge is 2.14. The van der Waals surface area contributed by atoms with Crippen molar-refractivity contribution in [2.24, 2.45) is 0 Å². The zero-order chi connectivity index (χ0) is 25.6. The van der Waals surface area contributed by atoms with Gasteiger partial charge in [-0.15, -0.1) is 0 Å². The summed E-state index contributed by atoms with van der Waals surface area (Å²) in [5, 5.41) is 5.30. The van der Waals surface area contributed by atoms with Crippen LogP contribution in [-0.2, 0) is 17.9 Å². The van der Waals surface area contributed by atoms with Crippen LogP contribution in [0.5, 0.6) is 0 Å². The van der Waals surface area contributed by atoms with Crippen molar-refractivity contribution in [3.8, 4) is 11.3 Å². The largest absolute Gasteiger partial charge is 0.332 e. The number of fused-ring (bicyclic) bond motifs is 1. The molecule has 0 unspecified atom stereocenters. The Hall–Kier alpha value is -4.85. The van der Waals surface area contributed by atoms with E-state index in [9.17, 15) is 9.59 Å². The number of aromatic amines is 1. The van der Waals surface area contributed by atoms with Gasteiger partial charge < -0.3 is 9.88 Å². The van der Waals surface area contributed by atoms with Crippen LogP contribution in [0.1, 0.15) is 23.9 Å². The van der Waals surface area contributed by atoms with Crippen molar-refractivity contribution in [3.63, 3.8) is 0 Å². The Bertz CT molecular complexity index is 1610. The van der Waals surface area contributed by atoms with Gasteiger partial charge in [-0.05, 0) is 42.8 Å². The molecule has 37 heavy (non-hydrogen) atoms. The van der Waals surface area contributed by atoms with Crippen LogP contribution in [0.15, 0.2) is 96.2 Å². The summed E-state index contributed by atoms with van der Waals surface area (Å²) >= 11 is 0. The van der Waals surface area contributed by atoms with Gasteiger partial charge in [-0.1, -0.05) is 42.5 Å². The van der Waals surface area contributed by atoms with Crippen LogP contribution in [0.2, 0.25) is 0 Å². The maximum atomic E-state index is 13.1. The van der Waals surface area contributed by atoms with Crippen molar-refractivity contribution >= 4 is 22.9 Å². The molecular formula is C29H26N6O2. The molecule has 0 aliphatic carbocycles. The van der Waals surface area contributed by atoms with Crippen LogP contribution in [0.25, 0.3) is 28.2 Å². The highest BCUT2D eigenvalue weighted by atomic mass is 16.2. The molecule has 0 spiro atoms. The van der Waals surface area contributed by atoms with Gasteiger partial charge in [0.1, 0.15) is 11.5 Å². The third kappa shape index (κ3) is 5.54. The monoisotopic (exact) mass is 490 g/mol. The number of para-hydroxylation sites is 1. The number of aromatic nitrogens is 5. The maximum Gasteiger partial charge on any atom is 0.258 e. The predicted octanol–water partition coefficient (Wildman–Crippen LogP) is 4.29. The Labute approximate surface area is 213 Å². The number of nitrogens with zero attached hydrogens (tertiary/aromatic N) is 5. The Morgan fingerprint density at radius 1 is 1.05 bits per heavy atom. The van der Waals surface area contributed by atoms with Gasteiger partial charge in [0.25, 0.3) is 5.56 Å². The van der Waals surface area contributed by atoms with Gasteiger partial charge in [0, 0.05) is 42.3 Å². The molecular weight excluding hydrogens is 464 g/mol. The normalized spacial score (nSPS) is 11.3. The zero-order valence-corrected chi connectivity index (χ0v) is 20.4. The number of amides is 1. The number of rotatable bonds is 8. The van der Waals surface area contributed by atoms with E-state index in [0.29, 0.717) is 29.8 Å². The number of carbonyl (C=O) groups is 1. The second kappa shape index (κ2) is 10.8. The van der Waals surface area contributed by atoms with Gasteiger partial charge in [0.15, 0.2) is 0 Å². The minimum Gasteiger partial charge on any atom is -0.332 e. The number of pyridine rings is 1. The van der Waals surface area contributed by atoms with Crippen LogP contribution < -0.4 is 5.56 Å².